The van der Waals surface area contributed by atoms with Crippen molar-refractivity contribution in [2.45, 2.75) is 19.3 Å². The maximum absolute atomic E-state index is 12.6. The number of likely N-dealkylation sites (tertiary alicyclic amines) is 1. The molecule has 0 radical (unpaired) electrons. The summed E-state index contributed by atoms with van der Waals surface area (Å²) in [6.45, 7) is 1.19. The molecule has 1 fully saturated rings. The molecule has 0 atom stereocenters. The minimum atomic E-state index is -0.637. The highest BCUT2D eigenvalue weighted by Crippen LogP contribution is 2.30. The van der Waals surface area contributed by atoms with Gasteiger partial charge in [0.2, 0.25) is 0 Å². The first-order chi connectivity index (χ1) is 14.1. The summed E-state index contributed by atoms with van der Waals surface area (Å²) in [4.78, 5) is 26.8. The molecule has 5 nitrogen and oxygen atoms in total. The topological polar surface area (TPSA) is 69.6 Å². The van der Waals surface area contributed by atoms with Crippen molar-refractivity contribution in [2.24, 2.45) is 5.92 Å². The lowest BCUT2D eigenvalue weighted by Crippen LogP contribution is -2.44. The summed E-state index contributed by atoms with van der Waals surface area (Å²) in [5.41, 5.74) is 1.84. The second-order valence-corrected chi connectivity index (χ2v) is 7.56. The van der Waals surface area contributed by atoms with Crippen molar-refractivity contribution in [3.05, 3.63) is 72.3 Å². The molecular formula is C24H24N2O3. The van der Waals surface area contributed by atoms with Crippen LogP contribution in [0.5, 0.6) is 5.75 Å². The number of fused-ring (bicyclic) bond motifs is 1. The summed E-state index contributed by atoms with van der Waals surface area (Å²) in [6, 6.07) is 20.8. The van der Waals surface area contributed by atoms with Crippen LogP contribution in [0.3, 0.4) is 0 Å². The van der Waals surface area contributed by atoms with Crippen molar-refractivity contribution in [3.8, 4) is 5.75 Å². The Morgan fingerprint density at radius 2 is 1.59 bits per heavy atom. The Morgan fingerprint density at radius 3 is 2.34 bits per heavy atom. The lowest BCUT2D eigenvalue weighted by molar-refractivity contribution is -0.144. The Bertz CT molecular complexity index is 1020. The third-order valence-electron chi connectivity index (χ3n) is 5.61. The Morgan fingerprint density at radius 1 is 0.897 bits per heavy atom. The number of carbonyl (C=O) groups is 2. The third-order valence-corrected chi connectivity index (χ3v) is 5.61. The summed E-state index contributed by atoms with van der Waals surface area (Å²) in [6.07, 6.45) is 2.81. The van der Waals surface area contributed by atoms with Gasteiger partial charge in [-0.25, -0.2) is 0 Å². The van der Waals surface area contributed by atoms with Gasteiger partial charge in [0.1, 0.15) is 5.75 Å². The van der Waals surface area contributed by atoms with Crippen LogP contribution in [-0.2, 0) is 16.0 Å². The van der Waals surface area contributed by atoms with Gasteiger partial charge in [0.25, 0.3) is 0 Å². The van der Waals surface area contributed by atoms with Gasteiger partial charge in [-0.3, -0.25) is 9.59 Å². The number of anilines is 1. The minimum Gasteiger partial charge on any atom is -0.507 e. The molecule has 5 heteroatoms. The van der Waals surface area contributed by atoms with Crippen LogP contribution in [0.1, 0.15) is 18.4 Å². The van der Waals surface area contributed by atoms with Gasteiger partial charge < -0.3 is 15.3 Å². The molecule has 1 saturated heterocycles. The van der Waals surface area contributed by atoms with E-state index in [0.29, 0.717) is 35.5 Å². The zero-order valence-corrected chi connectivity index (χ0v) is 16.2. The number of benzene rings is 3. The maximum Gasteiger partial charge on any atom is 0.313 e. The van der Waals surface area contributed by atoms with E-state index in [1.807, 2.05) is 24.3 Å². The number of aromatic hydroxyl groups is 1. The number of carbonyl (C=O) groups excluding carboxylic acids is 2. The van der Waals surface area contributed by atoms with Gasteiger partial charge in [-0.1, -0.05) is 54.6 Å². The minimum absolute atomic E-state index is 0.144. The molecule has 1 aliphatic rings. The Hall–Kier alpha value is -3.34. The highest BCUT2D eigenvalue weighted by molar-refractivity contribution is 6.40. The van der Waals surface area contributed by atoms with Crippen LogP contribution in [0.15, 0.2) is 66.7 Å². The number of amides is 2. The molecule has 0 spiro atoms. The highest BCUT2D eigenvalue weighted by atomic mass is 16.3. The van der Waals surface area contributed by atoms with Crippen molar-refractivity contribution < 1.29 is 14.7 Å². The molecular weight excluding hydrogens is 364 g/mol. The molecule has 29 heavy (non-hydrogen) atoms. The van der Waals surface area contributed by atoms with Crippen molar-refractivity contribution in [3.63, 3.8) is 0 Å². The smallest absolute Gasteiger partial charge is 0.313 e. The molecule has 1 heterocycles. The molecule has 148 valence electrons. The zero-order chi connectivity index (χ0) is 20.2. The van der Waals surface area contributed by atoms with Gasteiger partial charge in [-0.05, 0) is 42.9 Å². The van der Waals surface area contributed by atoms with Gasteiger partial charge in [-0.15, -0.1) is 0 Å². The number of nitrogens with one attached hydrogen (secondary N) is 1. The molecule has 0 aliphatic carbocycles. The Kier molecular flexibility index (Phi) is 5.47. The average molecular weight is 388 g/mol. The van der Waals surface area contributed by atoms with Crippen LogP contribution < -0.4 is 5.32 Å². The molecule has 0 aromatic heterocycles. The standard InChI is InChI=1S/C24H24N2O3/c27-22-11-5-8-19-20(22)9-4-10-21(19)25-23(28)24(29)26-14-12-18(13-15-26)16-17-6-2-1-3-7-17/h1-11,18,27H,12-16H2,(H,25,28). The fourth-order valence-corrected chi connectivity index (χ4v) is 4.01. The molecule has 0 bridgehead atoms. The fourth-order valence-electron chi connectivity index (χ4n) is 4.01. The van der Waals surface area contributed by atoms with Crippen LogP contribution in [0, 0.1) is 5.92 Å². The van der Waals surface area contributed by atoms with E-state index in [4.69, 9.17) is 0 Å². The number of piperidine rings is 1. The van der Waals surface area contributed by atoms with E-state index >= 15 is 0 Å². The van der Waals surface area contributed by atoms with Crippen molar-refractivity contribution in [1.29, 1.82) is 0 Å². The van der Waals surface area contributed by atoms with Crippen molar-refractivity contribution in [1.82, 2.24) is 4.90 Å². The zero-order valence-electron chi connectivity index (χ0n) is 16.2. The number of hydrogen-bond donors (Lipinski definition) is 2. The van der Waals surface area contributed by atoms with E-state index < -0.39 is 11.8 Å². The second kappa shape index (κ2) is 8.35. The maximum atomic E-state index is 12.6. The number of hydrogen-bond acceptors (Lipinski definition) is 3. The van der Waals surface area contributed by atoms with E-state index in [-0.39, 0.29) is 5.75 Å². The predicted molar refractivity (Wildman–Crippen MR) is 114 cm³/mol. The van der Waals surface area contributed by atoms with Gasteiger partial charge >= 0.3 is 11.8 Å². The lowest BCUT2D eigenvalue weighted by atomic mass is 9.90. The molecule has 2 amide bonds. The summed E-state index contributed by atoms with van der Waals surface area (Å²) >= 11 is 0. The summed E-state index contributed by atoms with van der Waals surface area (Å²) in [7, 11) is 0. The van der Waals surface area contributed by atoms with Gasteiger partial charge in [0.05, 0.1) is 0 Å². The van der Waals surface area contributed by atoms with E-state index in [1.165, 1.54) is 5.56 Å². The van der Waals surface area contributed by atoms with Crippen LogP contribution in [0.25, 0.3) is 10.8 Å². The SMILES string of the molecule is O=C(Nc1cccc2c(O)cccc12)C(=O)N1CCC(Cc2ccccc2)CC1. The first-order valence-corrected chi connectivity index (χ1v) is 9.96. The molecule has 1 aliphatic heterocycles. The Balaban J connectivity index is 1.37. The first-order valence-electron chi connectivity index (χ1n) is 9.96. The molecule has 3 aromatic carbocycles. The number of rotatable bonds is 3. The fraction of sp³-hybridized carbons (Fsp3) is 0.250. The van der Waals surface area contributed by atoms with Gasteiger partial charge in [0.15, 0.2) is 0 Å². The van der Waals surface area contributed by atoms with Crippen LogP contribution >= 0.6 is 0 Å². The summed E-state index contributed by atoms with van der Waals surface area (Å²) < 4.78 is 0. The molecule has 0 unspecified atom stereocenters. The molecule has 3 aromatic rings. The lowest BCUT2D eigenvalue weighted by Gasteiger charge is -2.31. The normalized spacial score (nSPS) is 14.7. The molecule has 4 rings (SSSR count). The molecule has 2 N–H and O–H groups in total. The second-order valence-electron chi connectivity index (χ2n) is 7.56. The molecule has 0 saturated carbocycles. The van der Waals surface area contributed by atoms with Crippen molar-refractivity contribution >= 4 is 28.3 Å². The monoisotopic (exact) mass is 388 g/mol. The van der Waals surface area contributed by atoms with Crippen LogP contribution in [0.2, 0.25) is 0 Å². The van der Waals surface area contributed by atoms with Gasteiger partial charge in [0, 0.05) is 29.5 Å². The summed E-state index contributed by atoms with van der Waals surface area (Å²) in [5, 5.41) is 14.0. The predicted octanol–water partition coefficient (Wildman–Crippen LogP) is 3.97. The summed E-state index contributed by atoms with van der Waals surface area (Å²) in [5.74, 6) is -0.460. The van der Waals surface area contributed by atoms with E-state index in [0.717, 1.165) is 19.3 Å². The van der Waals surface area contributed by atoms with E-state index in [1.54, 1.807) is 35.2 Å². The Labute approximate surface area is 170 Å². The number of phenolic OH excluding ortho intramolecular Hbond substituents is 1. The average Bonchev–Trinajstić information content (AvgIpc) is 2.75. The number of phenols is 1. The quantitative estimate of drug-likeness (QED) is 0.667. The number of nitrogens with zero attached hydrogens (tertiary/aromatic N) is 1. The largest absolute Gasteiger partial charge is 0.507 e. The highest BCUT2D eigenvalue weighted by Gasteiger charge is 2.27. The van der Waals surface area contributed by atoms with Crippen LogP contribution in [0.4, 0.5) is 5.69 Å². The van der Waals surface area contributed by atoms with Crippen LogP contribution in [-0.4, -0.2) is 34.9 Å². The van der Waals surface area contributed by atoms with Gasteiger partial charge in [-0.2, -0.15) is 0 Å². The third kappa shape index (κ3) is 4.24. The van der Waals surface area contributed by atoms with E-state index in [2.05, 4.69) is 17.4 Å². The first kappa shape index (κ1) is 19.0. The van der Waals surface area contributed by atoms with Crippen molar-refractivity contribution in [2.75, 3.05) is 18.4 Å². The van der Waals surface area contributed by atoms with E-state index in [9.17, 15) is 14.7 Å².